The summed E-state index contributed by atoms with van der Waals surface area (Å²) in [6.45, 7) is 1.10. The normalized spacial score (nSPS) is 44.4. The van der Waals surface area contributed by atoms with E-state index in [9.17, 15) is 4.79 Å². The number of nitrogens with one attached hydrogen (secondary N) is 2. The summed E-state index contributed by atoms with van der Waals surface area (Å²) in [6, 6.07) is 0. The molecular weight excluding hydrogens is 200 g/mol. The van der Waals surface area contributed by atoms with Crippen LogP contribution in [0.3, 0.4) is 0 Å². The minimum Gasteiger partial charge on any atom is -0.300 e. The second-order valence-corrected chi connectivity index (χ2v) is 6.15. The summed E-state index contributed by atoms with van der Waals surface area (Å²) in [7, 11) is 0. The van der Waals surface area contributed by atoms with Crippen molar-refractivity contribution in [3.05, 3.63) is 0 Å². The van der Waals surface area contributed by atoms with Gasteiger partial charge in [-0.25, -0.2) is 0 Å². The number of carbonyl (C=O) groups excluding carboxylic acids is 1. The van der Waals surface area contributed by atoms with Gasteiger partial charge in [0.15, 0.2) is 0 Å². The van der Waals surface area contributed by atoms with Crippen molar-refractivity contribution in [1.82, 2.24) is 10.9 Å². The number of rotatable bonds is 0. The van der Waals surface area contributed by atoms with Crippen LogP contribution >= 0.6 is 0 Å². The predicted octanol–water partition coefficient (Wildman–Crippen LogP) is 1.93. The van der Waals surface area contributed by atoms with E-state index in [1.54, 1.807) is 0 Å². The molecular formula is C13H22N2O. The van der Waals surface area contributed by atoms with E-state index in [0.29, 0.717) is 16.7 Å². The average molecular weight is 222 g/mol. The quantitative estimate of drug-likeness (QED) is 0.658. The number of ketones is 1. The molecule has 3 heteroatoms. The highest BCUT2D eigenvalue weighted by Crippen LogP contribution is 2.49. The van der Waals surface area contributed by atoms with E-state index in [1.807, 2.05) is 0 Å². The molecule has 2 aliphatic carbocycles. The van der Waals surface area contributed by atoms with Crippen molar-refractivity contribution < 1.29 is 4.79 Å². The third-order valence-electron chi connectivity index (χ3n) is 5.08. The largest absolute Gasteiger partial charge is 0.300 e. The Morgan fingerprint density at radius 2 is 1.81 bits per heavy atom. The molecule has 0 unspecified atom stereocenters. The van der Waals surface area contributed by atoms with E-state index in [2.05, 4.69) is 10.9 Å². The number of carbonyl (C=O) groups is 1. The maximum absolute atomic E-state index is 11.6. The molecule has 2 N–H and O–H groups in total. The molecule has 90 valence electrons. The minimum absolute atomic E-state index is 0.367. The van der Waals surface area contributed by atoms with Crippen molar-refractivity contribution in [1.29, 1.82) is 0 Å². The van der Waals surface area contributed by atoms with E-state index in [4.69, 9.17) is 0 Å². The Morgan fingerprint density at radius 1 is 1.00 bits per heavy atom. The molecule has 1 saturated heterocycles. The maximum Gasteiger partial charge on any atom is 0.133 e. The standard InChI is InChI=1S/C13H22N2O/c16-11-2-1-3-12(10-11)4-6-13(7-5-12)8-9-14-15-13/h14-15H,1-10H2. The highest BCUT2D eigenvalue weighted by Gasteiger charge is 2.45. The molecule has 0 aromatic rings. The molecule has 0 bridgehead atoms. The van der Waals surface area contributed by atoms with Crippen LogP contribution in [0, 0.1) is 5.41 Å². The molecule has 0 radical (unpaired) electrons. The molecule has 2 saturated carbocycles. The molecule has 0 aromatic heterocycles. The summed E-state index contributed by atoms with van der Waals surface area (Å²) in [6.07, 6.45) is 10.4. The molecule has 0 aromatic carbocycles. The van der Waals surface area contributed by atoms with Crippen molar-refractivity contribution in [3.8, 4) is 0 Å². The fraction of sp³-hybridized carbons (Fsp3) is 0.923. The van der Waals surface area contributed by atoms with E-state index in [-0.39, 0.29) is 0 Å². The van der Waals surface area contributed by atoms with Crippen molar-refractivity contribution in [2.24, 2.45) is 5.41 Å². The van der Waals surface area contributed by atoms with Gasteiger partial charge in [-0.1, -0.05) is 0 Å². The Labute approximate surface area is 97.3 Å². The Bertz CT molecular complexity index is 284. The van der Waals surface area contributed by atoms with Gasteiger partial charge < -0.3 is 0 Å². The number of hydrogen-bond acceptors (Lipinski definition) is 3. The lowest BCUT2D eigenvalue weighted by Crippen LogP contribution is -2.49. The molecule has 1 heterocycles. The SMILES string of the molecule is O=C1CCCC2(CCC3(CCNN3)CC2)C1. The monoisotopic (exact) mass is 222 g/mol. The predicted molar refractivity (Wildman–Crippen MR) is 62.9 cm³/mol. The Hall–Kier alpha value is -0.410. The van der Waals surface area contributed by atoms with Crippen LogP contribution in [0.1, 0.15) is 57.8 Å². The second kappa shape index (κ2) is 3.81. The first kappa shape index (κ1) is 10.7. The van der Waals surface area contributed by atoms with Gasteiger partial charge in [-0.05, 0) is 50.4 Å². The third-order valence-corrected chi connectivity index (χ3v) is 5.08. The lowest BCUT2D eigenvalue weighted by molar-refractivity contribution is -0.125. The van der Waals surface area contributed by atoms with Crippen molar-refractivity contribution in [2.75, 3.05) is 6.54 Å². The van der Waals surface area contributed by atoms with Crippen LogP contribution in [0.25, 0.3) is 0 Å². The number of hydrogen-bond donors (Lipinski definition) is 2. The van der Waals surface area contributed by atoms with Crippen molar-refractivity contribution in [3.63, 3.8) is 0 Å². The highest BCUT2D eigenvalue weighted by atomic mass is 16.1. The summed E-state index contributed by atoms with van der Waals surface area (Å²) in [4.78, 5) is 11.6. The first-order valence-corrected chi connectivity index (χ1v) is 6.74. The van der Waals surface area contributed by atoms with Gasteiger partial charge in [-0.2, -0.15) is 0 Å². The van der Waals surface area contributed by atoms with Crippen molar-refractivity contribution >= 4 is 5.78 Å². The van der Waals surface area contributed by atoms with Crippen LogP contribution in [-0.4, -0.2) is 17.9 Å². The fourth-order valence-corrected chi connectivity index (χ4v) is 3.93. The van der Waals surface area contributed by atoms with Gasteiger partial charge >= 0.3 is 0 Å². The van der Waals surface area contributed by atoms with Crippen LogP contribution in [0.5, 0.6) is 0 Å². The average Bonchev–Trinajstić information content (AvgIpc) is 2.73. The van der Waals surface area contributed by atoms with Crippen LogP contribution in [0.2, 0.25) is 0 Å². The molecule has 3 aliphatic rings. The smallest absolute Gasteiger partial charge is 0.133 e. The van der Waals surface area contributed by atoms with Gasteiger partial charge in [-0.15, -0.1) is 0 Å². The van der Waals surface area contributed by atoms with E-state index >= 15 is 0 Å². The summed E-state index contributed by atoms with van der Waals surface area (Å²) in [5.41, 5.74) is 7.50. The lowest BCUT2D eigenvalue weighted by atomic mass is 9.61. The Balaban J connectivity index is 1.66. The highest BCUT2D eigenvalue weighted by molar-refractivity contribution is 5.79. The maximum atomic E-state index is 11.6. The molecule has 2 spiro atoms. The third kappa shape index (κ3) is 1.80. The summed E-state index contributed by atoms with van der Waals surface area (Å²) < 4.78 is 0. The fourth-order valence-electron chi connectivity index (χ4n) is 3.93. The molecule has 3 fully saturated rings. The molecule has 0 amide bonds. The molecule has 1 aliphatic heterocycles. The van der Waals surface area contributed by atoms with Gasteiger partial charge in [0.1, 0.15) is 5.78 Å². The summed E-state index contributed by atoms with van der Waals surface area (Å²) in [5, 5.41) is 0. The van der Waals surface area contributed by atoms with Gasteiger partial charge in [-0.3, -0.25) is 15.6 Å². The lowest BCUT2D eigenvalue weighted by Gasteiger charge is -2.46. The molecule has 3 rings (SSSR count). The summed E-state index contributed by atoms with van der Waals surface area (Å²) >= 11 is 0. The van der Waals surface area contributed by atoms with Crippen LogP contribution in [-0.2, 0) is 4.79 Å². The van der Waals surface area contributed by atoms with E-state index < -0.39 is 0 Å². The van der Waals surface area contributed by atoms with Crippen LogP contribution < -0.4 is 10.9 Å². The first-order valence-electron chi connectivity index (χ1n) is 6.74. The zero-order valence-electron chi connectivity index (χ0n) is 9.98. The van der Waals surface area contributed by atoms with Gasteiger partial charge in [0.2, 0.25) is 0 Å². The van der Waals surface area contributed by atoms with Gasteiger partial charge in [0.05, 0.1) is 0 Å². The van der Waals surface area contributed by atoms with E-state index in [1.165, 1.54) is 38.5 Å². The van der Waals surface area contributed by atoms with Crippen LogP contribution in [0.15, 0.2) is 0 Å². The number of hydrazine groups is 1. The van der Waals surface area contributed by atoms with Crippen molar-refractivity contribution in [2.45, 2.75) is 63.3 Å². The molecule has 0 atom stereocenters. The second-order valence-electron chi connectivity index (χ2n) is 6.15. The van der Waals surface area contributed by atoms with E-state index in [0.717, 1.165) is 25.8 Å². The molecule has 3 nitrogen and oxygen atoms in total. The number of Topliss-reactive ketones (excluding diaryl/α,β-unsaturated/α-hetero) is 1. The minimum atomic E-state index is 0.367. The van der Waals surface area contributed by atoms with Crippen LogP contribution in [0.4, 0.5) is 0 Å². The zero-order chi connectivity index (χ0) is 11.1. The topological polar surface area (TPSA) is 41.1 Å². The summed E-state index contributed by atoms with van der Waals surface area (Å²) in [5.74, 6) is 0.514. The zero-order valence-corrected chi connectivity index (χ0v) is 9.98. The Kier molecular flexibility index (Phi) is 2.55. The van der Waals surface area contributed by atoms with Gasteiger partial charge in [0.25, 0.3) is 0 Å². The Morgan fingerprint density at radius 3 is 2.44 bits per heavy atom. The first-order chi connectivity index (χ1) is 7.72. The molecule has 16 heavy (non-hydrogen) atoms. The van der Waals surface area contributed by atoms with Gasteiger partial charge in [0, 0.05) is 24.9 Å².